The van der Waals surface area contributed by atoms with Crippen molar-refractivity contribution in [1.29, 1.82) is 0 Å². The second-order valence-electron chi connectivity index (χ2n) is 3.78. The van der Waals surface area contributed by atoms with Crippen molar-refractivity contribution < 1.29 is 13.5 Å². The number of aryl methyl sites for hydroxylation is 1. The molecule has 0 fully saturated rings. The van der Waals surface area contributed by atoms with Gasteiger partial charge >= 0.3 is 0 Å². The van der Waals surface area contributed by atoms with Gasteiger partial charge in [0.1, 0.15) is 0 Å². The minimum Gasteiger partial charge on any atom is -0.392 e. The summed E-state index contributed by atoms with van der Waals surface area (Å²) in [6, 6.07) is 6.54. The number of sulfonamides is 1. The lowest BCUT2D eigenvalue weighted by Crippen LogP contribution is -2.30. The van der Waals surface area contributed by atoms with Crippen LogP contribution >= 0.6 is 11.6 Å². The zero-order valence-corrected chi connectivity index (χ0v) is 11.1. The molecule has 0 amide bonds. The number of rotatable bonds is 6. The molecule has 1 aromatic carbocycles. The Labute approximate surface area is 107 Å². The van der Waals surface area contributed by atoms with Crippen molar-refractivity contribution in [3.63, 3.8) is 0 Å². The molecule has 1 atom stereocenters. The highest BCUT2D eigenvalue weighted by atomic mass is 35.5. The fourth-order valence-corrected chi connectivity index (χ4v) is 2.60. The smallest absolute Gasteiger partial charge is 0.240 e. The van der Waals surface area contributed by atoms with Crippen LogP contribution in [0.25, 0.3) is 0 Å². The fraction of sp³-hybridized carbons (Fsp3) is 0.455. The maximum absolute atomic E-state index is 11.8. The van der Waals surface area contributed by atoms with Crippen molar-refractivity contribution in [3.05, 3.63) is 29.8 Å². The van der Waals surface area contributed by atoms with Gasteiger partial charge in [-0.05, 0) is 31.0 Å². The molecule has 0 radical (unpaired) electrons. The van der Waals surface area contributed by atoms with Gasteiger partial charge < -0.3 is 5.11 Å². The molecule has 2 N–H and O–H groups in total. The van der Waals surface area contributed by atoms with Crippen molar-refractivity contribution in [2.24, 2.45) is 0 Å². The SMILES string of the molecule is CC(O)CNS(=O)(=O)c1ccc(CCCl)cc1. The third-order valence-corrected chi connectivity index (χ3v) is 3.81. The van der Waals surface area contributed by atoms with E-state index in [0.29, 0.717) is 12.3 Å². The third-order valence-electron chi connectivity index (χ3n) is 2.19. The number of benzene rings is 1. The molecule has 0 heterocycles. The van der Waals surface area contributed by atoms with Gasteiger partial charge in [-0.15, -0.1) is 11.6 Å². The van der Waals surface area contributed by atoms with Crippen LogP contribution < -0.4 is 4.72 Å². The third kappa shape index (κ3) is 4.63. The van der Waals surface area contributed by atoms with Crippen molar-refractivity contribution in [2.75, 3.05) is 12.4 Å². The maximum atomic E-state index is 11.8. The molecule has 1 rings (SSSR count). The number of aliphatic hydroxyl groups is 1. The normalized spacial score (nSPS) is 13.6. The molecule has 0 aliphatic rings. The highest BCUT2D eigenvalue weighted by molar-refractivity contribution is 7.89. The van der Waals surface area contributed by atoms with Gasteiger partial charge in [0, 0.05) is 12.4 Å². The standard InChI is InChI=1S/C11H16ClNO3S/c1-9(14)8-13-17(15,16)11-4-2-10(3-5-11)6-7-12/h2-5,9,13-14H,6-8H2,1H3. The van der Waals surface area contributed by atoms with E-state index in [1.165, 1.54) is 19.1 Å². The van der Waals surface area contributed by atoms with Gasteiger partial charge in [-0.25, -0.2) is 13.1 Å². The van der Waals surface area contributed by atoms with Crippen LogP contribution in [0.2, 0.25) is 0 Å². The first kappa shape index (κ1) is 14.4. The maximum Gasteiger partial charge on any atom is 0.240 e. The predicted molar refractivity (Wildman–Crippen MR) is 67.7 cm³/mol. The lowest BCUT2D eigenvalue weighted by molar-refractivity contribution is 0.198. The highest BCUT2D eigenvalue weighted by Gasteiger charge is 2.13. The van der Waals surface area contributed by atoms with Gasteiger partial charge in [0.25, 0.3) is 0 Å². The number of hydrogen-bond donors (Lipinski definition) is 2. The van der Waals surface area contributed by atoms with Gasteiger partial charge in [0.2, 0.25) is 10.0 Å². The Hall–Kier alpha value is -0.620. The van der Waals surface area contributed by atoms with Crippen LogP contribution in [0.15, 0.2) is 29.2 Å². The second kappa shape index (κ2) is 6.35. The monoisotopic (exact) mass is 277 g/mol. The van der Waals surface area contributed by atoms with Gasteiger partial charge in [0.15, 0.2) is 0 Å². The molecule has 0 saturated carbocycles. The Bertz CT molecular complexity index is 442. The van der Waals surface area contributed by atoms with Crippen LogP contribution in [0.4, 0.5) is 0 Å². The van der Waals surface area contributed by atoms with Crippen LogP contribution in [0.1, 0.15) is 12.5 Å². The molecular weight excluding hydrogens is 262 g/mol. The Kier molecular flexibility index (Phi) is 5.39. The number of hydrogen-bond acceptors (Lipinski definition) is 3. The molecule has 0 aromatic heterocycles. The summed E-state index contributed by atoms with van der Waals surface area (Å²) in [7, 11) is -3.53. The van der Waals surface area contributed by atoms with E-state index in [1.807, 2.05) is 0 Å². The zero-order valence-electron chi connectivity index (χ0n) is 9.56. The van der Waals surface area contributed by atoms with Crippen molar-refractivity contribution in [3.8, 4) is 0 Å². The fourth-order valence-electron chi connectivity index (χ4n) is 1.26. The van der Waals surface area contributed by atoms with E-state index >= 15 is 0 Å². The summed E-state index contributed by atoms with van der Waals surface area (Å²) in [4.78, 5) is 0.191. The van der Waals surface area contributed by atoms with Crippen molar-refractivity contribution >= 4 is 21.6 Å². The van der Waals surface area contributed by atoms with Gasteiger partial charge in [-0.3, -0.25) is 0 Å². The summed E-state index contributed by atoms with van der Waals surface area (Å²) in [6.07, 6.45) is 0.00324. The number of aliphatic hydroxyl groups excluding tert-OH is 1. The van der Waals surface area contributed by atoms with E-state index in [-0.39, 0.29) is 11.4 Å². The molecule has 17 heavy (non-hydrogen) atoms. The lowest BCUT2D eigenvalue weighted by atomic mass is 10.2. The molecule has 1 aromatic rings. The minimum atomic E-state index is -3.53. The molecule has 1 unspecified atom stereocenters. The highest BCUT2D eigenvalue weighted by Crippen LogP contribution is 2.11. The van der Waals surface area contributed by atoms with E-state index in [9.17, 15) is 8.42 Å². The van der Waals surface area contributed by atoms with E-state index in [4.69, 9.17) is 16.7 Å². The summed E-state index contributed by atoms with van der Waals surface area (Å²) in [5.74, 6) is 0.506. The summed E-state index contributed by atoms with van der Waals surface area (Å²) >= 11 is 5.59. The molecule has 0 aliphatic carbocycles. The Morgan fingerprint density at radius 2 is 1.94 bits per heavy atom. The zero-order chi connectivity index (χ0) is 12.9. The Morgan fingerprint density at radius 3 is 2.41 bits per heavy atom. The quantitative estimate of drug-likeness (QED) is 0.766. The van der Waals surface area contributed by atoms with Crippen molar-refractivity contribution in [2.45, 2.75) is 24.3 Å². The Morgan fingerprint density at radius 1 is 1.35 bits per heavy atom. The van der Waals surface area contributed by atoms with Crippen LogP contribution in [-0.4, -0.2) is 32.1 Å². The van der Waals surface area contributed by atoms with Crippen molar-refractivity contribution in [1.82, 2.24) is 4.72 Å². The van der Waals surface area contributed by atoms with Crippen LogP contribution in [0.5, 0.6) is 0 Å². The summed E-state index contributed by atoms with van der Waals surface area (Å²) < 4.78 is 25.8. The average molecular weight is 278 g/mol. The number of nitrogens with one attached hydrogen (secondary N) is 1. The molecular formula is C11H16ClNO3S. The topological polar surface area (TPSA) is 66.4 Å². The summed E-state index contributed by atoms with van der Waals surface area (Å²) in [6.45, 7) is 1.53. The molecule has 0 aliphatic heterocycles. The van der Waals surface area contributed by atoms with Crippen LogP contribution in [-0.2, 0) is 16.4 Å². The van der Waals surface area contributed by atoms with E-state index < -0.39 is 16.1 Å². The van der Waals surface area contributed by atoms with E-state index in [0.717, 1.165) is 5.56 Å². The molecule has 4 nitrogen and oxygen atoms in total. The molecule has 0 bridgehead atoms. The Balaban J connectivity index is 2.77. The molecule has 0 saturated heterocycles. The molecule has 96 valence electrons. The average Bonchev–Trinajstić information content (AvgIpc) is 2.28. The molecule has 0 spiro atoms. The second-order valence-corrected chi connectivity index (χ2v) is 5.93. The molecule has 6 heteroatoms. The first-order chi connectivity index (χ1) is 7.95. The first-order valence-corrected chi connectivity index (χ1v) is 7.30. The summed E-state index contributed by atoms with van der Waals surface area (Å²) in [5, 5.41) is 9.04. The van der Waals surface area contributed by atoms with E-state index in [1.54, 1.807) is 12.1 Å². The van der Waals surface area contributed by atoms with Gasteiger partial charge in [-0.2, -0.15) is 0 Å². The van der Waals surface area contributed by atoms with Gasteiger partial charge in [-0.1, -0.05) is 12.1 Å². The first-order valence-electron chi connectivity index (χ1n) is 5.28. The number of alkyl halides is 1. The van der Waals surface area contributed by atoms with Gasteiger partial charge in [0.05, 0.1) is 11.0 Å². The van der Waals surface area contributed by atoms with Crippen LogP contribution in [0, 0.1) is 0 Å². The van der Waals surface area contributed by atoms with Crippen LogP contribution in [0.3, 0.4) is 0 Å². The number of halogens is 1. The van der Waals surface area contributed by atoms with E-state index in [2.05, 4.69) is 4.72 Å². The summed E-state index contributed by atoms with van der Waals surface area (Å²) in [5.41, 5.74) is 0.995. The predicted octanol–water partition coefficient (Wildman–Crippen LogP) is 1.13. The largest absolute Gasteiger partial charge is 0.392 e. The lowest BCUT2D eigenvalue weighted by Gasteiger charge is -2.08. The minimum absolute atomic E-state index is 0.00572.